The van der Waals surface area contributed by atoms with E-state index in [0.29, 0.717) is 0 Å². The van der Waals surface area contributed by atoms with Crippen molar-refractivity contribution < 1.29 is 19.4 Å². The van der Waals surface area contributed by atoms with Crippen LogP contribution in [0.5, 0.6) is 0 Å². The van der Waals surface area contributed by atoms with Gasteiger partial charge in [-0.05, 0) is 6.92 Å². The van der Waals surface area contributed by atoms with Gasteiger partial charge in [0.15, 0.2) is 6.23 Å². The topological polar surface area (TPSA) is 75.6 Å². The Morgan fingerprint density at radius 3 is 2.67 bits per heavy atom. The zero-order valence-electron chi connectivity index (χ0n) is 6.90. The number of carbonyl (C=O) groups excluding carboxylic acids is 2. The Balaban J connectivity index is 2.48. The van der Waals surface area contributed by atoms with E-state index in [9.17, 15) is 9.59 Å². The predicted octanol–water partition coefficient (Wildman–Crippen LogP) is -0.998. The van der Waals surface area contributed by atoms with Gasteiger partial charge >= 0.3 is 5.97 Å². The maximum atomic E-state index is 10.8. The third-order valence-electron chi connectivity index (χ3n) is 1.73. The van der Waals surface area contributed by atoms with E-state index in [1.807, 2.05) is 0 Å². The highest BCUT2D eigenvalue weighted by Gasteiger charge is 2.44. The fourth-order valence-electron chi connectivity index (χ4n) is 1.12. The number of hydrogen-bond donors (Lipinski definition) is 2. The van der Waals surface area contributed by atoms with E-state index >= 15 is 0 Å². The number of β-lactam (4-membered cyclic amide) rings is 1. The van der Waals surface area contributed by atoms with Gasteiger partial charge in [0.1, 0.15) is 5.92 Å². The molecule has 1 aliphatic rings. The van der Waals surface area contributed by atoms with E-state index < -0.39 is 24.2 Å². The van der Waals surface area contributed by atoms with Crippen LogP contribution in [-0.2, 0) is 14.3 Å². The van der Waals surface area contributed by atoms with Crippen LogP contribution in [0.4, 0.5) is 0 Å². The van der Waals surface area contributed by atoms with Gasteiger partial charge in [-0.1, -0.05) is 0 Å². The largest absolute Gasteiger partial charge is 0.441 e. The molecule has 5 heteroatoms. The standard InChI is InChI=1S/C7H11NO4/c1-3(9)5-6(11)8-7(5)12-4(2)10/h3,5,7,9H,1-2H3,(H,8,11). The van der Waals surface area contributed by atoms with Crippen LogP contribution in [0.1, 0.15) is 13.8 Å². The number of aliphatic hydroxyl groups excluding tert-OH is 1. The Hall–Kier alpha value is -1.10. The minimum Gasteiger partial charge on any atom is -0.441 e. The van der Waals surface area contributed by atoms with Crippen LogP contribution in [0, 0.1) is 5.92 Å². The van der Waals surface area contributed by atoms with Crippen LogP contribution in [0.15, 0.2) is 0 Å². The van der Waals surface area contributed by atoms with Gasteiger partial charge in [-0.15, -0.1) is 0 Å². The lowest BCUT2D eigenvalue weighted by molar-refractivity contribution is -0.173. The van der Waals surface area contributed by atoms with Crippen molar-refractivity contribution in [3.05, 3.63) is 0 Å². The van der Waals surface area contributed by atoms with Crippen LogP contribution in [0.2, 0.25) is 0 Å². The number of aliphatic hydroxyl groups is 1. The average Bonchev–Trinajstić information content (AvgIpc) is 1.82. The summed E-state index contributed by atoms with van der Waals surface area (Å²) in [5.41, 5.74) is 0. The first-order valence-electron chi connectivity index (χ1n) is 3.68. The van der Waals surface area contributed by atoms with Crippen molar-refractivity contribution in [3.8, 4) is 0 Å². The van der Waals surface area contributed by atoms with Gasteiger partial charge in [-0.2, -0.15) is 0 Å². The molecular weight excluding hydrogens is 162 g/mol. The maximum Gasteiger partial charge on any atom is 0.304 e. The molecule has 1 saturated heterocycles. The van der Waals surface area contributed by atoms with Crippen molar-refractivity contribution in [3.63, 3.8) is 0 Å². The molecular formula is C7H11NO4. The Bertz CT molecular complexity index is 213. The van der Waals surface area contributed by atoms with Crippen LogP contribution in [-0.4, -0.2) is 29.3 Å². The smallest absolute Gasteiger partial charge is 0.304 e. The fraction of sp³-hybridized carbons (Fsp3) is 0.714. The molecule has 1 fully saturated rings. The van der Waals surface area contributed by atoms with E-state index in [-0.39, 0.29) is 5.91 Å². The minimum atomic E-state index is -0.789. The monoisotopic (exact) mass is 173 g/mol. The summed E-state index contributed by atoms with van der Waals surface area (Å²) in [6, 6.07) is 0. The van der Waals surface area contributed by atoms with Crippen molar-refractivity contribution in [2.75, 3.05) is 0 Å². The Morgan fingerprint density at radius 1 is 1.75 bits per heavy atom. The van der Waals surface area contributed by atoms with Gasteiger partial charge in [0, 0.05) is 6.92 Å². The number of rotatable bonds is 2. The van der Waals surface area contributed by atoms with E-state index in [1.165, 1.54) is 13.8 Å². The number of nitrogens with one attached hydrogen (secondary N) is 1. The summed E-state index contributed by atoms with van der Waals surface area (Å²) in [4.78, 5) is 21.3. The van der Waals surface area contributed by atoms with Crippen molar-refractivity contribution >= 4 is 11.9 Å². The SMILES string of the molecule is CC(=O)OC1NC(=O)C1C(C)O. The number of carbonyl (C=O) groups is 2. The molecule has 3 unspecified atom stereocenters. The van der Waals surface area contributed by atoms with Gasteiger partial charge in [0.2, 0.25) is 5.91 Å². The minimum absolute atomic E-state index is 0.281. The Kier molecular flexibility index (Phi) is 2.32. The lowest BCUT2D eigenvalue weighted by Gasteiger charge is -2.36. The number of ether oxygens (including phenoxy) is 1. The molecule has 0 aromatic rings. The lowest BCUT2D eigenvalue weighted by atomic mass is 9.94. The van der Waals surface area contributed by atoms with Crippen molar-refractivity contribution in [1.82, 2.24) is 5.32 Å². The van der Waals surface area contributed by atoms with Gasteiger partial charge in [-0.25, -0.2) is 0 Å². The predicted molar refractivity (Wildman–Crippen MR) is 38.9 cm³/mol. The third kappa shape index (κ3) is 1.55. The molecule has 3 atom stereocenters. The van der Waals surface area contributed by atoms with Crippen LogP contribution in [0.3, 0.4) is 0 Å². The molecule has 0 aliphatic carbocycles. The molecule has 0 saturated carbocycles. The quantitative estimate of drug-likeness (QED) is 0.415. The fourth-order valence-corrected chi connectivity index (χ4v) is 1.12. The molecule has 0 bridgehead atoms. The summed E-state index contributed by atoms with van der Waals surface area (Å²) in [6.07, 6.45) is -1.45. The average molecular weight is 173 g/mol. The highest BCUT2D eigenvalue weighted by atomic mass is 16.6. The van der Waals surface area contributed by atoms with Gasteiger partial charge in [0.05, 0.1) is 6.10 Å². The van der Waals surface area contributed by atoms with E-state index in [0.717, 1.165) is 0 Å². The summed E-state index contributed by atoms with van der Waals surface area (Å²) in [7, 11) is 0. The molecule has 5 nitrogen and oxygen atoms in total. The second-order valence-electron chi connectivity index (χ2n) is 2.81. The van der Waals surface area contributed by atoms with Crippen LogP contribution >= 0.6 is 0 Å². The van der Waals surface area contributed by atoms with E-state index in [1.54, 1.807) is 0 Å². The van der Waals surface area contributed by atoms with Crippen molar-refractivity contribution in [2.45, 2.75) is 26.2 Å². The van der Waals surface area contributed by atoms with Crippen LogP contribution in [0.25, 0.3) is 0 Å². The summed E-state index contributed by atoms with van der Waals surface area (Å²) < 4.78 is 4.70. The molecule has 0 radical (unpaired) electrons. The summed E-state index contributed by atoms with van der Waals surface area (Å²) in [5, 5.41) is 11.4. The molecule has 68 valence electrons. The Labute approximate surface area is 69.7 Å². The number of esters is 1. The second kappa shape index (κ2) is 3.10. The Morgan fingerprint density at radius 2 is 2.33 bits per heavy atom. The normalized spacial score (nSPS) is 30.1. The highest BCUT2D eigenvalue weighted by molar-refractivity contribution is 5.86. The summed E-state index contributed by atoms with van der Waals surface area (Å²) in [6.45, 7) is 2.74. The number of hydrogen-bond acceptors (Lipinski definition) is 4. The van der Waals surface area contributed by atoms with Gasteiger partial charge < -0.3 is 15.2 Å². The molecule has 1 aliphatic heterocycles. The third-order valence-corrected chi connectivity index (χ3v) is 1.73. The molecule has 0 aromatic carbocycles. The molecule has 0 aromatic heterocycles. The molecule has 1 amide bonds. The lowest BCUT2D eigenvalue weighted by Crippen LogP contribution is -2.63. The molecule has 12 heavy (non-hydrogen) atoms. The first kappa shape index (κ1) is 8.99. The highest BCUT2D eigenvalue weighted by Crippen LogP contribution is 2.19. The van der Waals surface area contributed by atoms with Crippen molar-refractivity contribution in [1.29, 1.82) is 0 Å². The maximum absolute atomic E-state index is 10.8. The zero-order valence-corrected chi connectivity index (χ0v) is 6.90. The zero-order chi connectivity index (χ0) is 9.30. The molecule has 0 spiro atoms. The van der Waals surface area contributed by atoms with E-state index in [2.05, 4.69) is 5.32 Å². The summed E-state index contributed by atoms with van der Waals surface area (Å²) in [5.74, 6) is -1.36. The number of amides is 1. The first-order chi connectivity index (χ1) is 5.52. The van der Waals surface area contributed by atoms with Gasteiger partial charge in [-0.3, -0.25) is 9.59 Å². The first-order valence-corrected chi connectivity index (χ1v) is 3.68. The molecule has 1 rings (SSSR count). The van der Waals surface area contributed by atoms with Gasteiger partial charge in [0.25, 0.3) is 0 Å². The molecule has 2 N–H and O–H groups in total. The molecule has 1 heterocycles. The summed E-state index contributed by atoms with van der Waals surface area (Å²) >= 11 is 0. The second-order valence-corrected chi connectivity index (χ2v) is 2.81. The van der Waals surface area contributed by atoms with Crippen molar-refractivity contribution in [2.24, 2.45) is 5.92 Å². The van der Waals surface area contributed by atoms with E-state index in [4.69, 9.17) is 9.84 Å². The van der Waals surface area contributed by atoms with Crippen LogP contribution < -0.4 is 5.32 Å².